The molecule has 0 bridgehead atoms. The third kappa shape index (κ3) is 5.49. The van der Waals surface area contributed by atoms with Crippen molar-refractivity contribution in [1.29, 1.82) is 0 Å². The van der Waals surface area contributed by atoms with Gasteiger partial charge >= 0.3 is 0 Å². The van der Waals surface area contributed by atoms with Gasteiger partial charge in [-0.3, -0.25) is 0 Å². The second-order valence-corrected chi connectivity index (χ2v) is 11.6. The van der Waals surface area contributed by atoms with Gasteiger partial charge in [0.1, 0.15) is 0 Å². The Bertz CT molecular complexity index is 2290. The van der Waals surface area contributed by atoms with Crippen molar-refractivity contribution in [1.82, 2.24) is 0 Å². The van der Waals surface area contributed by atoms with E-state index in [1.165, 1.54) is 49.4 Å². The molecule has 0 atom stereocenters. The molecule has 0 aliphatic heterocycles. The van der Waals surface area contributed by atoms with Crippen LogP contribution in [0.1, 0.15) is 0 Å². The lowest BCUT2D eigenvalue weighted by molar-refractivity contribution is 1.51. The van der Waals surface area contributed by atoms with E-state index in [9.17, 15) is 0 Å². The van der Waals surface area contributed by atoms with Gasteiger partial charge in [0.25, 0.3) is 0 Å². The third-order valence-corrected chi connectivity index (χ3v) is 8.59. The van der Waals surface area contributed by atoms with Crippen LogP contribution in [-0.2, 0) is 0 Å². The zero-order chi connectivity index (χ0) is 30.7. The molecule has 2 nitrogen and oxygen atoms in total. The minimum absolute atomic E-state index is 1.05. The monoisotopic (exact) mass is 588 g/mol. The quantitative estimate of drug-likeness (QED) is 0.193. The lowest BCUT2D eigenvalue weighted by Gasteiger charge is -2.21. The summed E-state index contributed by atoms with van der Waals surface area (Å²) in [5.74, 6) is 0. The van der Waals surface area contributed by atoms with Crippen molar-refractivity contribution in [3.63, 3.8) is 0 Å². The van der Waals surface area contributed by atoms with Gasteiger partial charge in [0, 0.05) is 28.3 Å². The predicted octanol–water partition coefficient (Wildman–Crippen LogP) is 12.5. The van der Waals surface area contributed by atoms with Crippen molar-refractivity contribution in [2.45, 2.75) is 0 Å². The molecule has 8 aromatic carbocycles. The summed E-state index contributed by atoms with van der Waals surface area (Å²) in [7, 11) is 0. The largest absolute Gasteiger partial charge is 0.356 e. The van der Waals surface area contributed by atoms with Gasteiger partial charge < -0.3 is 10.6 Å². The van der Waals surface area contributed by atoms with Crippen LogP contribution in [-0.4, -0.2) is 0 Å². The Morgan fingerprint density at radius 1 is 0.283 bits per heavy atom. The van der Waals surface area contributed by atoms with E-state index in [1.54, 1.807) is 0 Å². The van der Waals surface area contributed by atoms with E-state index in [0.717, 1.165) is 28.3 Å². The zero-order valence-electron chi connectivity index (χ0n) is 25.3. The van der Waals surface area contributed by atoms with Gasteiger partial charge in [-0.1, -0.05) is 140 Å². The van der Waals surface area contributed by atoms with Crippen molar-refractivity contribution in [2.24, 2.45) is 0 Å². The second-order valence-electron chi connectivity index (χ2n) is 11.6. The van der Waals surface area contributed by atoms with Gasteiger partial charge in [-0.15, -0.1) is 0 Å². The Hall–Kier alpha value is -6.12. The Morgan fingerprint density at radius 3 is 1.35 bits per heavy atom. The highest BCUT2D eigenvalue weighted by Crippen LogP contribution is 2.45. The number of hydrogen-bond acceptors (Lipinski definition) is 2. The molecule has 0 aromatic heterocycles. The van der Waals surface area contributed by atoms with Crippen LogP contribution in [0.5, 0.6) is 0 Å². The van der Waals surface area contributed by atoms with Crippen LogP contribution in [0, 0.1) is 0 Å². The molecule has 0 saturated carbocycles. The van der Waals surface area contributed by atoms with E-state index in [4.69, 9.17) is 0 Å². The Morgan fingerprint density at radius 2 is 0.761 bits per heavy atom. The van der Waals surface area contributed by atoms with Crippen LogP contribution in [0.2, 0.25) is 0 Å². The minimum Gasteiger partial charge on any atom is -0.356 e. The Kier molecular flexibility index (Phi) is 7.22. The smallest absolute Gasteiger partial charge is 0.0470 e. The van der Waals surface area contributed by atoms with E-state index < -0.39 is 0 Å². The highest BCUT2D eigenvalue weighted by atomic mass is 14.9. The molecule has 0 aliphatic rings. The summed E-state index contributed by atoms with van der Waals surface area (Å²) in [6, 6.07) is 64.7. The lowest BCUT2D eigenvalue weighted by Crippen LogP contribution is -1.98. The molecule has 0 fully saturated rings. The fraction of sp³-hybridized carbons (Fsp3) is 0. The maximum atomic E-state index is 3.79. The van der Waals surface area contributed by atoms with Crippen molar-refractivity contribution in [2.75, 3.05) is 10.6 Å². The van der Waals surface area contributed by atoms with Gasteiger partial charge in [-0.2, -0.15) is 0 Å². The van der Waals surface area contributed by atoms with Crippen LogP contribution < -0.4 is 10.6 Å². The van der Waals surface area contributed by atoms with Crippen LogP contribution in [0.3, 0.4) is 0 Å². The van der Waals surface area contributed by atoms with E-state index in [-0.39, 0.29) is 0 Å². The third-order valence-electron chi connectivity index (χ3n) is 8.59. The maximum Gasteiger partial charge on any atom is 0.0470 e. The van der Waals surface area contributed by atoms with Gasteiger partial charge in [0.2, 0.25) is 0 Å². The van der Waals surface area contributed by atoms with Gasteiger partial charge in [0.15, 0.2) is 0 Å². The number of nitrogens with one attached hydrogen (secondary N) is 2. The van der Waals surface area contributed by atoms with Crippen LogP contribution in [0.25, 0.3) is 54.9 Å². The van der Waals surface area contributed by atoms with Gasteiger partial charge in [0.05, 0.1) is 0 Å². The summed E-state index contributed by atoms with van der Waals surface area (Å²) in [6.45, 7) is 0. The first-order valence-corrected chi connectivity index (χ1v) is 15.7. The first kappa shape index (κ1) is 27.4. The SMILES string of the molecule is c1ccc(-c2c(Nc3ccc4ccccc4c3)ccc(-c3ccc(Nc4ccc5ccccc5c4)cc3)c2-c2ccccc2)cc1. The fourth-order valence-electron chi connectivity index (χ4n) is 6.35. The molecule has 0 unspecified atom stereocenters. The number of anilines is 4. The topological polar surface area (TPSA) is 24.1 Å². The highest BCUT2D eigenvalue weighted by molar-refractivity contribution is 6.01. The minimum atomic E-state index is 1.05. The molecule has 0 saturated heterocycles. The average molecular weight is 589 g/mol. The van der Waals surface area contributed by atoms with Crippen LogP contribution in [0.4, 0.5) is 22.7 Å². The highest BCUT2D eigenvalue weighted by Gasteiger charge is 2.18. The molecule has 8 aromatic rings. The summed E-state index contributed by atoms with van der Waals surface area (Å²) in [4.78, 5) is 0. The van der Waals surface area contributed by atoms with E-state index in [0.29, 0.717) is 0 Å². The molecular weight excluding hydrogens is 556 g/mol. The van der Waals surface area contributed by atoms with Crippen LogP contribution in [0.15, 0.2) is 182 Å². The van der Waals surface area contributed by atoms with Crippen molar-refractivity contribution in [3.05, 3.63) is 182 Å². The van der Waals surface area contributed by atoms with Crippen molar-refractivity contribution in [3.8, 4) is 33.4 Å². The molecule has 0 spiro atoms. The summed E-state index contributed by atoms with van der Waals surface area (Å²) in [5.41, 5.74) is 11.3. The van der Waals surface area contributed by atoms with Crippen molar-refractivity contribution >= 4 is 44.3 Å². The number of benzene rings is 8. The van der Waals surface area contributed by atoms with E-state index >= 15 is 0 Å². The normalized spacial score (nSPS) is 11.0. The van der Waals surface area contributed by atoms with E-state index in [2.05, 4.69) is 193 Å². The zero-order valence-corrected chi connectivity index (χ0v) is 25.3. The molecule has 0 aliphatic carbocycles. The predicted molar refractivity (Wildman–Crippen MR) is 197 cm³/mol. The molecule has 218 valence electrons. The summed E-state index contributed by atoms with van der Waals surface area (Å²) in [5, 5.41) is 12.3. The number of hydrogen-bond donors (Lipinski definition) is 2. The standard InChI is InChI=1S/C44H32N2/c1-3-13-34(14-4-1)43-41(33-21-23-38(24-22-33)45-39-25-19-31-11-7-9-17-36(31)29-39)27-28-42(44(43)35-15-5-2-6-16-35)46-40-26-20-32-12-8-10-18-37(32)30-40/h1-30,45-46H. The molecule has 8 rings (SSSR count). The Labute approximate surface area is 269 Å². The van der Waals surface area contributed by atoms with E-state index in [1.807, 2.05) is 0 Å². The summed E-state index contributed by atoms with van der Waals surface area (Å²) >= 11 is 0. The first-order chi connectivity index (χ1) is 22.8. The van der Waals surface area contributed by atoms with Gasteiger partial charge in [-0.05, 0) is 91.8 Å². The second kappa shape index (κ2) is 12.1. The average Bonchev–Trinajstić information content (AvgIpc) is 3.12. The lowest BCUT2D eigenvalue weighted by atomic mass is 9.86. The maximum absolute atomic E-state index is 3.79. The van der Waals surface area contributed by atoms with Crippen LogP contribution >= 0.6 is 0 Å². The number of fused-ring (bicyclic) bond motifs is 2. The van der Waals surface area contributed by atoms with Crippen molar-refractivity contribution < 1.29 is 0 Å². The Balaban J connectivity index is 1.23. The molecule has 2 heteroatoms. The summed E-state index contributed by atoms with van der Waals surface area (Å²) < 4.78 is 0. The molecule has 2 N–H and O–H groups in total. The molecule has 46 heavy (non-hydrogen) atoms. The van der Waals surface area contributed by atoms with Gasteiger partial charge in [-0.25, -0.2) is 0 Å². The number of rotatable bonds is 7. The molecular formula is C44H32N2. The first-order valence-electron chi connectivity index (χ1n) is 15.7. The molecule has 0 radical (unpaired) electrons. The molecule has 0 heterocycles. The summed E-state index contributed by atoms with van der Waals surface area (Å²) in [6.07, 6.45) is 0. The molecule has 0 amide bonds. The fourth-order valence-corrected chi connectivity index (χ4v) is 6.35.